The van der Waals surface area contributed by atoms with Gasteiger partial charge in [-0.15, -0.1) is 0 Å². The van der Waals surface area contributed by atoms with Crippen molar-refractivity contribution in [3.05, 3.63) is 17.5 Å². The average molecular weight is 291 g/mol. The summed E-state index contributed by atoms with van der Waals surface area (Å²) in [6.45, 7) is 7.41. The van der Waals surface area contributed by atoms with Crippen LogP contribution in [0, 0.1) is 5.92 Å². The van der Waals surface area contributed by atoms with Gasteiger partial charge in [0.1, 0.15) is 5.76 Å². The van der Waals surface area contributed by atoms with Gasteiger partial charge in [-0.05, 0) is 45.1 Å². The van der Waals surface area contributed by atoms with Crippen molar-refractivity contribution in [2.45, 2.75) is 51.5 Å². The molecule has 1 saturated carbocycles. The number of piperidine rings is 1. The Bertz CT molecular complexity index is 495. The van der Waals surface area contributed by atoms with Gasteiger partial charge < -0.3 is 9.84 Å². The van der Waals surface area contributed by atoms with E-state index in [1.807, 2.05) is 0 Å². The Morgan fingerprint density at radius 1 is 1.52 bits per heavy atom. The molecular formula is C16H25N3O2. The maximum absolute atomic E-state index is 12.1. The first-order valence-corrected chi connectivity index (χ1v) is 8.12. The van der Waals surface area contributed by atoms with Crippen LogP contribution in [0.1, 0.15) is 61.7 Å². The molecule has 1 aromatic heterocycles. The Morgan fingerprint density at radius 2 is 2.33 bits per heavy atom. The molecule has 1 N–H and O–H groups in total. The molecule has 5 heteroatoms. The second kappa shape index (κ2) is 6.18. The second-order valence-electron chi connectivity index (χ2n) is 6.69. The predicted octanol–water partition coefficient (Wildman–Crippen LogP) is 2.40. The molecule has 0 unspecified atom stereocenters. The number of aromatic nitrogens is 1. The lowest BCUT2D eigenvalue weighted by Gasteiger charge is -2.35. The van der Waals surface area contributed by atoms with Crippen molar-refractivity contribution in [3.8, 4) is 0 Å². The smallest absolute Gasteiger partial charge is 0.273 e. The van der Waals surface area contributed by atoms with Crippen molar-refractivity contribution in [2.24, 2.45) is 5.92 Å². The molecule has 2 atom stereocenters. The predicted molar refractivity (Wildman–Crippen MR) is 80.2 cm³/mol. The zero-order chi connectivity index (χ0) is 14.8. The van der Waals surface area contributed by atoms with Gasteiger partial charge in [-0.2, -0.15) is 0 Å². The minimum Gasteiger partial charge on any atom is -0.360 e. The fourth-order valence-corrected chi connectivity index (χ4v) is 3.04. The summed E-state index contributed by atoms with van der Waals surface area (Å²) < 4.78 is 5.23. The van der Waals surface area contributed by atoms with Crippen LogP contribution < -0.4 is 5.32 Å². The summed E-state index contributed by atoms with van der Waals surface area (Å²) in [7, 11) is 0. The number of carbonyl (C=O) groups is 1. The van der Waals surface area contributed by atoms with Gasteiger partial charge in [0, 0.05) is 31.1 Å². The maximum atomic E-state index is 12.1. The molecule has 5 nitrogen and oxygen atoms in total. The maximum Gasteiger partial charge on any atom is 0.273 e. The summed E-state index contributed by atoms with van der Waals surface area (Å²) in [6, 6.07) is 2.16. The molecular weight excluding hydrogens is 266 g/mol. The lowest BCUT2D eigenvalue weighted by Crippen LogP contribution is -2.46. The topological polar surface area (TPSA) is 58.4 Å². The van der Waals surface area contributed by atoms with Crippen molar-refractivity contribution >= 4 is 5.91 Å². The minimum absolute atomic E-state index is 0.123. The SMILES string of the molecule is C[C@@H]1CCCN([C@H](C)CNC(=O)c2cc(C3CC3)on2)C1. The Kier molecular flexibility index (Phi) is 4.29. The summed E-state index contributed by atoms with van der Waals surface area (Å²) in [5.41, 5.74) is 0.413. The van der Waals surface area contributed by atoms with Gasteiger partial charge in [-0.1, -0.05) is 12.1 Å². The van der Waals surface area contributed by atoms with E-state index < -0.39 is 0 Å². The van der Waals surface area contributed by atoms with Crippen LogP contribution in [0.3, 0.4) is 0 Å². The van der Waals surface area contributed by atoms with E-state index in [0.29, 0.717) is 24.2 Å². The standard InChI is InChI=1S/C16H25N3O2/c1-11-4-3-7-19(10-11)12(2)9-17-16(20)14-8-15(21-18-14)13-5-6-13/h8,11-13H,3-7,9-10H2,1-2H3,(H,17,20)/t11-,12-/m1/s1. The van der Waals surface area contributed by atoms with Gasteiger partial charge >= 0.3 is 0 Å². The number of rotatable bonds is 5. The van der Waals surface area contributed by atoms with E-state index in [-0.39, 0.29) is 5.91 Å². The second-order valence-corrected chi connectivity index (χ2v) is 6.69. The Morgan fingerprint density at radius 3 is 3.05 bits per heavy atom. The largest absolute Gasteiger partial charge is 0.360 e. The number of amides is 1. The van der Waals surface area contributed by atoms with Crippen LogP contribution in [0.25, 0.3) is 0 Å². The Balaban J connectivity index is 1.47. The molecule has 0 spiro atoms. The molecule has 21 heavy (non-hydrogen) atoms. The van der Waals surface area contributed by atoms with E-state index in [1.54, 1.807) is 6.07 Å². The van der Waals surface area contributed by atoms with Crippen LogP contribution in [0.4, 0.5) is 0 Å². The van der Waals surface area contributed by atoms with E-state index >= 15 is 0 Å². The molecule has 2 fully saturated rings. The zero-order valence-corrected chi connectivity index (χ0v) is 13.0. The van der Waals surface area contributed by atoms with Gasteiger partial charge in [0.2, 0.25) is 0 Å². The van der Waals surface area contributed by atoms with Crippen molar-refractivity contribution in [2.75, 3.05) is 19.6 Å². The minimum atomic E-state index is -0.123. The number of likely N-dealkylation sites (tertiary alicyclic amines) is 1. The van der Waals surface area contributed by atoms with Gasteiger partial charge in [0.15, 0.2) is 5.69 Å². The fourth-order valence-electron chi connectivity index (χ4n) is 3.04. The highest BCUT2D eigenvalue weighted by Crippen LogP contribution is 2.40. The van der Waals surface area contributed by atoms with Gasteiger partial charge in [-0.3, -0.25) is 9.69 Å². The monoisotopic (exact) mass is 291 g/mol. The van der Waals surface area contributed by atoms with Gasteiger partial charge in [0.05, 0.1) is 0 Å². The number of carbonyl (C=O) groups excluding carboxylic acids is 1. The third-order valence-corrected chi connectivity index (χ3v) is 4.61. The average Bonchev–Trinajstić information content (AvgIpc) is 3.22. The third kappa shape index (κ3) is 3.64. The van der Waals surface area contributed by atoms with E-state index in [2.05, 4.69) is 29.2 Å². The highest BCUT2D eigenvalue weighted by atomic mass is 16.5. The fraction of sp³-hybridized carbons (Fsp3) is 0.750. The van der Waals surface area contributed by atoms with E-state index in [9.17, 15) is 4.79 Å². The summed E-state index contributed by atoms with van der Waals surface area (Å²) in [5.74, 6) is 1.99. The summed E-state index contributed by atoms with van der Waals surface area (Å²) >= 11 is 0. The molecule has 0 radical (unpaired) electrons. The normalized spacial score (nSPS) is 24.8. The van der Waals surface area contributed by atoms with E-state index in [0.717, 1.165) is 37.6 Å². The van der Waals surface area contributed by atoms with Crippen molar-refractivity contribution in [1.82, 2.24) is 15.4 Å². The first-order valence-electron chi connectivity index (χ1n) is 8.12. The van der Waals surface area contributed by atoms with Crippen LogP contribution in [0.5, 0.6) is 0 Å². The molecule has 1 aliphatic carbocycles. The van der Waals surface area contributed by atoms with Crippen LogP contribution in [0.15, 0.2) is 10.6 Å². The third-order valence-electron chi connectivity index (χ3n) is 4.61. The molecule has 1 aromatic rings. The first kappa shape index (κ1) is 14.6. The summed E-state index contributed by atoms with van der Waals surface area (Å²) in [5, 5.41) is 6.86. The zero-order valence-electron chi connectivity index (χ0n) is 13.0. The summed E-state index contributed by atoms with van der Waals surface area (Å²) in [4.78, 5) is 14.6. The molecule has 116 valence electrons. The van der Waals surface area contributed by atoms with Crippen molar-refractivity contribution in [3.63, 3.8) is 0 Å². The van der Waals surface area contributed by atoms with Crippen molar-refractivity contribution < 1.29 is 9.32 Å². The van der Waals surface area contributed by atoms with E-state index in [1.165, 1.54) is 12.8 Å². The lowest BCUT2D eigenvalue weighted by molar-refractivity contribution is 0.0909. The number of hydrogen-bond acceptors (Lipinski definition) is 4. The molecule has 1 saturated heterocycles. The van der Waals surface area contributed by atoms with E-state index in [4.69, 9.17) is 4.52 Å². The molecule has 0 bridgehead atoms. The first-order chi connectivity index (χ1) is 10.1. The van der Waals surface area contributed by atoms with Gasteiger partial charge in [-0.25, -0.2) is 0 Å². The number of hydrogen-bond donors (Lipinski definition) is 1. The molecule has 1 aliphatic heterocycles. The van der Waals surface area contributed by atoms with Crippen LogP contribution in [-0.4, -0.2) is 41.6 Å². The Hall–Kier alpha value is -1.36. The quantitative estimate of drug-likeness (QED) is 0.905. The number of nitrogens with zero attached hydrogens (tertiary/aromatic N) is 2. The molecule has 3 rings (SSSR count). The van der Waals surface area contributed by atoms with Crippen LogP contribution in [0.2, 0.25) is 0 Å². The number of nitrogens with one attached hydrogen (secondary N) is 1. The lowest BCUT2D eigenvalue weighted by atomic mass is 9.99. The Labute approximate surface area is 126 Å². The van der Waals surface area contributed by atoms with Crippen molar-refractivity contribution in [1.29, 1.82) is 0 Å². The molecule has 0 aromatic carbocycles. The molecule has 1 amide bonds. The summed E-state index contributed by atoms with van der Waals surface area (Å²) in [6.07, 6.45) is 4.88. The van der Waals surface area contributed by atoms with Crippen LogP contribution in [-0.2, 0) is 0 Å². The highest BCUT2D eigenvalue weighted by molar-refractivity contribution is 5.92. The molecule has 2 aliphatic rings. The van der Waals surface area contributed by atoms with Gasteiger partial charge in [0.25, 0.3) is 5.91 Å². The van der Waals surface area contributed by atoms with Crippen LogP contribution >= 0.6 is 0 Å². The molecule has 2 heterocycles. The highest BCUT2D eigenvalue weighted by Gasteiger charge is 2.29.